The van der Waals surface area contributed by atoms with Crippen LogP contribution in [0.25, 0.3) is 0 Å². The number of hydrogen-bond donors (Lipinski definition) is 0. The fourth-order valence-electron chi connectivity index (χ4n) is 1.26. The molecule has 0 fully saturated rings. The minimum atomic E-state index is -0.551. The molecule has 0 amide bonds. The first kappa shape index (κ1) is 13.0. The van der Waals surface area contributed by atoms with Crippen molar-refractivity contribution in [3.8, 4) is 6.07 Å². The summed E-state index contributed by atoms with van der Waals surface area (Å²) in [6, 6.07) is 11.2. The predicted molar refractivity (Wildman–Crippen MR) is 64.8 cm³/mol. The summed E-state index contributed by atoms with van der Waals surface area (Å²) in [6.07, 6.45) is 3.23. The van der Waals surface area contributed by atoms with E-state index < -0.39 is 5.97 Å². The molecule has 0 aliphatic rings. The van der Waals surface area contributed by atoms with Crippen molar-refractivity contribution in [2.45, 2.75) is 26.4 Å². The van der Waals surface area contributed by atoms with E-state index in [9.17, 15) is 4.79 Å². The number of carbonyl (C=O) groups excluding carboxylic acids is 1. The van der Waals surface area contributed by atoms with E-state index in [1.54, 1.807) is 6.08 Å². The van der Waals surface area contributed by atoms with Crippen molar-refractivity contribution in [3.05, 3.63) is 47.5 Å². The quantitative estimate of drug-likeness (QED) is 0.443. The maximum Gasteiger partial charge on any atom is 0.348 e. The molecule has 3 heteroatoms. The van der Waals surface area contributed by atoms with E-state index in [2.05, 4.69) is 0 Å². The minimum absolute atomic E-state index is 0.0859. The van der Waals surface area contributed by atoms with Crippen molar-refractivity contribution in [1.82, 2.24) is 0 Å². The first-order chi connectivity index (χ1) is 8.27. The van der Waals surface area contributed by atoms with Gasteiger partial charge < -0.3 is 4.74 Å². The van der Waals surface area contributed by atoms with E-state index in [0.29, 0.717) is 6.42 Å². The van der Waals surface area contributed by atoms with Gasteiger partial charge in [-0.3, -0.25) is 0 Å². The molecule has 1 aromatic carbocycles. The van der Waals surface area contributed by atoms with Gasteiger partial charge in [-0.05, 0) is 12.0 Å². The second kappa shape index (κ2) is 7.24. The highest BCUT2D eigenvalue weighted by molar-refractivity contribution is 5.92. The van der Waals surface area contributed by atoms with E-state index in [1.165, 1.54) is 0 Å². The second-order valence-electron chi connectivity index (χ2n) is 3.58. The van der Waals surface area contributed by atoms with E-state index in [4.69, 9.17) is 10.00 Å². The first-order valence-corrected chi connectivity index (χ1v) is 5.59. The van der Waals surface area contributed by atoms with Gasteiger partial charge >= 0.3 is 5.97 Å². The lowest BCUT2D eigenvalue weighted by molar-refractivity contribution is -0.139. The third-order valence-electron chi connectivity index (χ3n) is 2.19. The van der Waals surface area contributed by atoms with Crippen molar-refractivity contribution < 1.29 is 9.53 Å². The average molecular weight is 229 g/mol. The van der Waals surface area contributed by atoms with Gasteiger partial charge in [0.1, 0.15) is 18.2 Å². The van der Waals surface area contributed by atoms with Gasteiger partial charge in [0.2, 0.25) is 0 Å². The standard InChI is InChI=1S/C14H15NO2/c1-2-3-9-13(10-15)14(16)17-11-12-7-5-4-6-8-12/h4-9H,2-3,11H2,1H3/b13-9+. The lowest BCUT2D eigenvalue weighted by Crippen LogP contribution is -2.06. The highest BCUT2D eigenvalue weighted by Crippen LogP contribution is 2.05. The Labute approximate surface area is 101 Å². The van der Waals surface area contributed by atoms with Gasteiger partial charge in [0, 0.05) is 0 Å². The van der Waals surface area contributed by atoms with E-state index in [1.807, 2.05) is 43.3 Å². The van der Waals surface area contributed by atoms with Crippen LogP contribution < -0.4 is 0 Å². The van der Waals surface area contributed by atoms with Crippen molar-refractivity contribution in [1.29, 1.82) is 5.26 Å². The summed E-state index contributed by atoms with van der Waals surface area (Å²) < 4.78 is 5.05. The normalized spacial score (nSPS) is 10.7. The fourth-order valence-corrected chi connectivity index (χ4v) is 1.26. The van der Waals surface area contributed by atoms with Crippen molar-refractivity contribution >= 4 is 5.97 Å². The SMILES string of the molecule is CCC/C=C(\C#N)C(=O)OCc1ccccc1. The highest BCUT2D eigenvalue weighted by atomic mass is 16.5. The van der Waals surface area contributed by atoms with Crippen LogP contribution in [-0.2, 0) is 16.1 Å². The Morgan fingerprint density at radius 3 is 2.71 bits per heavy atom. The number of benzene rings is 1. The maximum absolute atomic E-state index is 11.5. The molecule has 0 heterocycles. The number of nitriles is 1. The van der Waals surface area contributed by atoms with Gasteiger partial charge in [0.25, 0.3) is 0 Å². The summed E-state index contributed by atoms with van der Waals surface area (Å²) in [6.45, 7) is 2.19. The Kier molecular flexibility index (Phi) is 5.53. The minimum Gasteiger partial charge on any atom is -0.457 e. The number of allylic oxidation sites excluding steroid dienone is 1. The number of unbranched alkanes of at least 4 members (excludes halogenated alkanes) is 1. The van der Waals surface area contributed by atoms with Crippen molar-refractivity contribution in [3.63, 3.8) is 0 Å². The molecule has 0 aliphatic carbocycles. The van der Waals surface area contributed by atoms with Crippen LogP contribution in [0.3, 0.4) is 0 Å². The van der Waals surface area contributed by atoms with Gasteiger partial charge in [-0.25, -0.2) is 4.79 Å². The third kappa shape index (κ3) is 4.52. The Morgan fingerprint density at radius 1 is 1.41 bits per heavy atom. The van der Waals surface area contributed by atoms with Crippen LogP contribution in [0.1, 0.15) is 25.3 Å². The molecule has 88 valence electrons. The van der Waals surface area contributed by atoms with Crippen LogP contribution in [0, 0.1) is 11.3 Å². The number of rotatable bonds is 5. The average Bonchev–Trinajstić information content (AvgIpc) is 2.38. The maximum atomic E-state index is 11.5. The lowest BCUT2D eigenvalue weighted by Gasteiger charge is -2.03. The molecule has 0 aromatic heterocycles. The van der Waals surface area contributed by atoms with E-state index >= 15 is 0 Å². The Balaban J connectivity index is 2.52. The molecule has 0 unspecified atom stereocenters. The van der Waals surface area contributed by atoms with Gasteiger partial charge in [-0.1, -0.05) is 49.8 Å². The Hall–Kier alpha value is -2.08. The van der Waals surface area contributed by atoms with Gasteiger partial charge in [-0.15, -0.1) is 0 Å². The van der Waals surface area contributed by atoms with Crippen LogP contribution in [0.4, 0.5) is 0 Å². The van der Waals surface area contributed by atoms with Gasteiger partial charge in [0.05, 0.1) is 0 Å². The molecule has 0 saturated heterocycles. The highest BCUT2D eigenvalue weighted by Gasteiger charge is 2.09. The number of hydrogen-bond acceptors (Lipinski definition) is 3. The topological polar surface area (TPSA) is 50.1 Å². The summed E-state index contributed by atoms with van der Waals surface area (Å²) >= 11 is 0. The molecular weight excluding hydrogens is 214 g/mol. The molecule has 0 radical (unpaired) electrons. The number of ether oxygens (including phenoxy) is 1. The summed E-state index contributed by atoms with van der Waals surface area (Å²) in [4.78, 5) is 11.5. The molecule has 0 bridgehead atoms. The number of esters is 1. The zero-order chi connectivity index (χ0) is 12.5. The second-order valence-corrected chi connectivity index (χ2v) is 3.58. The van der Waals surface area contributed by atoms with E-state index in [-0.39, 0.29) is 12.2 Å². The summed E-state index contributed by atoms with van der Waals surface area (Å²) in [7, 11) is 0. The van der Waals surface area contributed by atoms with Gasteiger partial charge in [-0.2, -0.15) is 5.26 Å². The molecule has 1 aromatic rings. The predicted octanol–water partition coefficient (Wildman–Crippen LogP) is 2.98. The summed E-state index contributed by atoms with van der Waals surface area (Å²) in [5.41, 5.74) is 0.997. The molecule has 0 saturated carbocycles. The molecule has 1 rings (SSSR count). The molecular formula is C14H15NO2. The van der Waals surface area contributed by atoms with Gasteiger partial charge in [0.15, 0.2) is 0 Å². The monoisotopic (exact) mass is 229 g/mol. The first-order valence-electron chi connectivity index (χ1n) is 5.59. The molecule has 17 heavy (non-hydrogen) atoms. The molecule has 0 atom stereocenters. The smallest absolute Gasteiger partial charge is 0.348 e. The summed E-state index contributed by atoms with van der Waals surface area (Å²) in [5, 5.41) is 8.80. The Bertz CT molecular complexity index is 429. The zero-order valence-corrected chi connectivity index (χ0v) is 9.85. The van der Waals surface area contributed by atoms with Crippen LogP contribution in [0.2, 0.25) is 0 Å². The molecule has 0 aliphatic heterocycles. The van der Waals surface area contributed by atoms with Crippen molar-refractivity contribution in [2.24, 2.45) is 0 Å². The van der Waals surface area contributed by atoms with Crippen LogP contribution in [0.15, 0.2) is 42.0 Å². The number of carbonyl (C=O) groups is 1. The zero-order valence-electron chi connectivity index (χ0n) is 9.85. The number of nitrogens with zero attached hydrogens (tertiary/aromatic N) is 1. The molecule has 0 N–H and O–H groups in total. The third-order valence-corrected chi connectivity index (χ3v) is 2.19. The molecule has 0 spiro atoms. The van der Waals surface area contributed by atoms with Crippen LogP contribution in [-0.4, -0.2) is 5.97 Å². The van der Waals surface area contributed by atoms with E-state index in [0.717, 1.165) is 12.0 Å². The van der Waals surface area contributed by atoms with Crippen molar-refractivity contribution in [2.75, 3.05) is 0 Å². The van der Waals surface area contributed by atoms with Crippen LogP contribution in [0.5, 0.6) is 0 Å². The fraction of sp³-hybridized carbons (Fsp3) is 0.286. The largest absolute Gasteiger partial charge is 0.457 e. The summed E-state index contributed by atoms with van der Waals surface area (Å²) in [5.74, 6) is -0.551. The van der Waals surface area contributed by atoms with Crippen LogP contribution >= 0.6 is 0 Å². The molecule has 3 nitrogen and oxygen atoms in total. The lowest BCUT2D eigenvalue weighted by atomic mass is 10.2. The Morgan fingerprint density at radius 2 is 2.12 bits per heavy atom.